The number of phenolic OH excluding ortho intramolecular Hbond substituents is 2. The molecule has 12 aromatic rings. The average Bonchev–Trinajstić information content (AvgIpc) is 4.31. The molecule has 0 aliphatic rings. The maximum atomic E-state index is 14.3. The summed E-state index contributed by atoms with van der Waals surface area (Å²) < 4.78 is 36.1. The first kappa shape index (κ1) is 53.5. The van der Waals surface area contributed by atoms with Crippen molar-refractivity contribution in [2.24, 2.45) is 0 Å². The van der Waals surface area contributed by atoms with Crippen molar-refractivity contribution in [3.8, 4) is 68.7 Å². The Labute approximate surface area is 469 Å². The second-order valence-electron chi connectivity index (χ2n) is 20.5. The molecular weight excluding hydrogens is 1040 g/mol. The largest absolute Gasteiger partial charge is 0.508 e. The third-order valence-corrected chi connectivity index (χ3v) is 14.3. The van der Waals surface area contributed by atoms with Gasteiger partial charge >= 0.3 is 0 Å². The van der Waals surface area contributed by atoms with Crippen molar-refractivity contribution in [1.82, 2.24) is 58.1 Å². The highest BCUT2D eigenvalue weighted by molar-refractivity contribution is 6.00. The molecule has 0 fully saturated rings. The predicted molar refractivity (Wildman–Crippen MR) is 311 cm³/mol. The van der Waals surface area contributed by atoms with Crippen LogP contribution in [0.5, 0.6) is 11.5 Å². The van der Waals surface area contributed by atoms with E-state index in [4.69, 9.17) is 21.7 Å². The van der Waals surface area contributed by atoms with Crippen molar-refractivity contribution >= 4 is 44.7 Å². The van der Waals surface area contributed by atoms with E-state index in [0.717, 1.165) is 81.0 Å². The summed E-state index contributed by atoms with van der Waals surface area (Å²) in [5.41, 5.74) is 24.8. The molecule has 4 aromatic carbocycles. The molecule has 18 nitrogen and oxygen atoms in total. The molecule has 8 aromatic heterocycles. The Kier molecular flexibility index (Phi) is 14.1. The molecule has 0 spiro atoms. The van der Waals surface area contributed by atoms with E-state index in [1.165, 1.54) is 36.9 Å². The zero-order valence-corrected chi connectivity index (χ0v) is 45.5. The van der Waals surface area contributed by atoms with Crippen LogP contribution >= 0.6 is 0 Å². The van der Waals surface area contributed by atoms with E-state index < -0.39 is 23.7 Å². The van der Waals surface area contributed by atoms with Crippen molar-refractivity contribution in [3.05, 3.63) is 191 Å². The fraction of sp³-hybridized carbons (Fsp3) is 0.161. The van der Waals surface area contributed by atoms with Gasteiger partial charge < -0.3 is 40.3 Å². The zero-order chi connectivity index (χ0) is 57.7. The number of hydrogen-bond acceptors (Lipinski definition) is 14. The molecule has 12 rings (SSSR count). The lowest BCUT2D eigenvalue weighted by Gasteiger charge is -2.17. The molecule has 2 atom stereocenters. The lowest BCUT2D eigenvalue weighted by Crippen LogP contribution is -2.12. The van der Waals surface area contributed by atoms with Gasteiger partial charge in [-0.2, -0.15) is 20.7 Å². The number of benzene rings is 4. The number of anilines is 2. The number of aromatic nitrogens is 10. The minimum absolute atomic E-state index is 0.173. The Morgan fingerprint density at radius 2 is 0.951 bits per heavy atom. The number of phenols is 2. The van der Waals surface area contributed by atoms with Crippen LogP contribution < -0.4 is 11.5 Å². The summed E-state index contributed by atoms with van der Waals surface area (Å²) in [4.78, 5) is 21.5. The molecule has 0 aliphatic carbocycles. The number of aromatic hydroxyl groups is 2. The maximum Gasteiger partial charge on any atom is 0.164 e. The zero-order valence-electron chi connectivity index (χ0n) is 45.5. The molecule has 408 valence electrons. The van der Waals surface area contributed by atoms with E-state index in [1.54, 1.807) is 9.36 Å². The van der Waals surface area contributed by atoms with Crippen LogP contribution in [0.15, 0.2) is 146 Å². The van der Waals surface area contributed by atoms with Crippen molar-refractivity contribution in [3.63, 3.8) is 0 Å². The summed E-state index contributed by atoms with van der Waals surface area (Å²) in [6.07, 6.45) is 6.59. The summed E-state index contributed by atoms with van der Waals surface area (Å²) in [5.74, 6) is -1.36. The number of rotatable bonds is 12. The van der Waals surface area contributed by atoms with Gasteiger partial charge in [-0.1, -0.05) is 48.5 Å². The van der Waals surface area contributed by atoms with Crippen LogP contribution in [0.1, 0.15) is 59.3 Å². The number of halogens is 2. The van der Waals surface area contributed by atoms with Gasteiger partial charge in [0.25, 0.3) is 0 Å². The third kappa shape index (κ3) is 9.67. The molecule has 20 heteroatoms. The number of nitriles is 2. The summed E-state index contributed by atoms with van der Waals surface area (Å²) >= 11 is 0. The molecular formula is C62H54F2N16O2. The van der Waals surface area contributed by atoms with E-state index in [0.29, 0.717) is 55.7 Å². The molecule has 0 aliphatic heterocycles. The van der Waals surface area contributed by atoms with Gasteiger partial charge in [-0.05, 0) is 125 Å². The predicted octanol–water partition coefficient (Wildman–Crippen LogP) is 10.8. The number of nitrogen functional groups attached to an aromatic ring is 2. The molecule has 0 unspecified atom stereocenters. The Morgan fingerprint density at radius 1 is 0.537 bits per heavy atom. The lowest BCUT2D eigenvalue weighted by molar-refractivity contribution is 0.402. The van der Waals surface area contributed by atoms with Gasteiger partial charge in [0.15, 0.2) is 11.3 Å². The summed E-state index contributed by atoms with van der Waals surface area (Å²) in [5, 5.41) is 51.6. The van der Waals surface area contributed by atoms with Crippen molar-refractivity contribution in [2.45, 2.75) is 39.0 Å². The fourth-order valence-corrected chi connectivity index (χ4v) is 11.1. The molecule has 6 N–H and O–H groups in total. The van der Waals surface area contributed by atoms with Crippen LogP contribution in [0.3, 0.4) is 0 Å². The molecule has 0 radical (unpaired) electrons. The number of fused-ring (bicyclic) bond motifs is 4. The van der Waals surface area contributed by atoms with Crippen LogP contribution in [0.2, 0.25) is 0 Å². The number of pyridine rings is 2. The van der Waals surface area contributed by atoms with Crippen LogP contribution in [-0.2, 0) is 13.1 Å². The van der Waals surface area contributed by atoms with Gasteiger partial charge in [0, 0.05) is 59.9 Å². The van der Waals surface area contributed by atoms with E-state index in [9.17, 15) is 29.5 Å². The van der Waals surface area contributed by atoms with E-state index in [1.807, 2.05) is 124 Å². The molecule has 0 saturated heterocycles. The van der Waals surface area contributed by atoms with Gasteiger partial charge in [-0.25, -0.2) is 38.1 Å². The molecule has 0 saturated carbocycles. The van der Waals surface area contributed by atoms with Gasteiger partial charge in [0.1, 0.15) is 71.0 Å². The van der Waals surface area contributed by atoms with Gasteiger partial charge in [-0.3, -0.25) is 0 Å². The Morgan fingerprint density at radius 3 is 1.33 bits per heavy atom. The third-order valence-electron chi connectivity index (χ3n) is 14.3. The topological polar surface area (TPSA) is 243 Å². The monoisotopic (exact) mass is 1090 g/mol. The lowest BCUT2D eigenvalue weighted by atomic mass is 9.98. The SMILES string of the molecule is C[C@@H](c1c(C#N)c2ccccn2c1-c1cccc(CN(C)C)c1)n1nc(-c2cc(O)cc(F)c2)c2c(N)ncnc21.C[C@H](c1c(C#N)c2ccccn2c1-c1cccc(CN(C)C)c1)n1nc(-c2cc(O)cc(F)c2)c2c(N)ncnc21. The van der Waals surface area contributed by atoms with Crippen molar-refractivity contribution in [1.29, 1.82) is 10.5 Å². The Bertz CT molecular complexity index is 4220. The van der Waals surface area contributed by atoms with Crippen molar-refractivity contribution < 1.29 is 19.0 Å². The molecule has 8 heterocycles. The highest BCUT2D eigenvalue weighted by Crippen LogP contribution is 2.43. The molecule has 82 heavy (non-hydrogen) atoms. The average molecular weight is 1090 g/mol. The van der Waals surface area contributed by atoms with E-state index in [2.05, 4.69) is 66.1 Å². The summed E-state index contributed by atoms with van der Waals surface area (Å²) in [6.45, 7) is 5.41. The quantitative estimate of drug-likeness (QED) is 0.0890. The number of nitrogens with two attached hydrogens (primary N) is 2. The second-order valence-corrected chi connectivity index (χ2v) is 20.5. The first-order valence-electron chi connectivity index (χ1n) is 26.0. The highest BCUT2D eigenvalue weighted by atomic mass is 19.1. The fourth-order valence-electron chi connectivity index (χ4n) is 11.1. The van der Waals surface area contributed by atoms with Crippen molar-refractivity contribution in [2.75, 3.05) is 39.7 Å². The maximum absolute atomic E-state index is 14.3. The second kappa shape index (κ2) is 21.6. The van der Waals surface area contributed by atoms with Crippen LogP contribution in [0, 0.1) is 34.3 Å². The summed E-state index contributed by atoms with van der Waals surface area (Å²) in [6, 6.07) is 39.3. The van der Waals surface area contributed by atoms with Crippen LogP contribution in [0.25, 0.3) is 78.1 Å². The van der Waals surface area contributed by atoms with Crippen LogP contribution in [-0.4, -0.2) is 96.5 Å². The molecule has 0 bridgehead atoms. The smallest absolute Gasteiger partial charge is 0.164 e. The minimum atomic E-state index is -0.614. The normalized spacial score (nSPS) is 12.3. The number of hydrogen-bond donors (Lipinski definition) is 4. The highest BCUT2D eigenvalue weighted by Gasteiger charge is 2.31. The Balaban J connectivity index is 0.000000172. The summed E-state index contributed by atoms with van der Waals surface area (Å²) in [7, 11) is 8.08. The van der Waals surface area contributed by atoms with E-state index >= 15 is 0 Å². The van der Waals surface area contributed by atoms with Crippen LogP contribution in [0.4, 0.5) is 20.4 Å². The first-order valence-corrected chi connectivity index (χ1v) is 26.0. The standard InChI is InChI=1S/2C31H27FN8O/c2*1-18(40-31-27(30(34)35-17-36-31)28(37-40)21-12-22(32)14-23(41)13-21)26-24(15-33)25-9-4-5-10-39(25)29(26)20-8-6-7-19(11-20)16-38(2)3/h2*4-14,17-18,41H,16H2,1-3H3,(H2,34,35,36)/t2*18-/m10/s1. The van der Waals surface area contributed by atoms with E-state index in [-0.39, 0.29) is 23.1 Å². The molecule has 0 amide bonds. The van der Waals surface area contributed by atoms with Gasteiger partial charge in [-0.15, -0.1) is 0 Å². The number of nitrogens with zero attached hydrogens (tertiary/aromatic N) is 14. The minimum Gasteiger partial charge on any atom is -0.508 e. The first-order chi connectivity index (χ1) is 39.5. The van der Waals surface area contributed by atoms with Gasteiger partial charge in [0.2, 0.25) is 0 Å². The van der Waals surface area contributed by atoms with Gasteiger partial charge in [0.05, 0.1) is 56.4 Å². The Hall–Kier alpha value is -10.5.